The first-order valence-electron chi connectivity index (χ1n) is 16.3. The van der Waals surface area contributed by atoms with E-state index in [4.69, 9.17) is 0 Å². The molecule has 9 rings (SSSR count). The molecule has 0 N–H and O–H groups in total. The SMILES string of the molecule is Cc1ccsc1/C=C/c1sc(-c2sc3c(c2C)c(=O)c2cc4c(cc23)c(=O)c2c(C)c(-c3cc(C)c(/C=C/c5sccc5C)s3)sc24)cc1C. The van der Waals surface area contributed by atoms with Crippen molar-refractivity contribution in [1.82, 2.24) is 0 Å². The fourth-order valence-electron chi connectivity index (χ4n) is 7.00. The second-order valence-electron chi connectivity index (χ2n) is 13.0. The van der Waals surface area contributed by atoms with Gasteiger partial charge in [-0.25, -0.2) is 0 Å². The molecular formula is C42H30O2S6. The van der Waals surface area contributed by atoms with Crippen LogP contribution in [0.1, 0.15) is 52.9 Å². The van der Waals surface area contributed by atoms with Crippen LogP contribution in [0.3, 0.4) is 0 Å². The summed E-state index contributed by atoms with van der Waals surface area (Å²) in [5.41, 5.74) is 7.26. The molecule has 0 saturated carbocycles. The van der Waals surface area contributed by atoms with Crippen molar-refractivity contribution in [3.63, 3.8) is 0 Å². The summed E-state index contributed by atoms with van der Waals surface area (Å²) in [6, 6.07) is 12.8. The zero-order chi connectivity index (χ0) is 34.6. The number of fused-ring (bicyclic) bond motifs is 6. The van der Waals surface area contributed by atoms with Gasteiger partial charge in [-0.3, -0.25) is 9.59 Å². The summed E-state index contributed by atoms with van der Waals surface area (Å²) in [5, 5.41) is 9.08. The highest BCUT2D eigenvalue weighted by molar-refractivity contribution is 7.28. The summed E-state index contributed by atoms with van der Waals surface area (Å²) in [6.07, 6.45) is 8.83. The van der Waals surface area contributed by atoms with Crippen molar-refractivity contribution in [2.75, 3.05) is 0 Å². The first-order valence-corrected chi connectivity index (χ1v) is 21.3. The van der Waals surface area contributed by atoms with Gasteiger partial charge in [-0.15, -0.1) is 68.0 Å². The fourth-order valence-corrected chi connectivity index (χ4v) is 13.8. The molecule has 0 amide bonds. The number of hydrogen-bond acceptors (Lipinski definition) is 8. The molecule has 0 atom stereocenters. The Hall–Kier alpha value is -3.76. The van der Waals surface area contributed by atoms with Crippen molar-refractivity contribution >= 4 is 134 Å². The minimum Gasteiger partial charge on any atom is -0.289 e. The van der Waals surface area contributed by atoms with E-state index in [1.165, 1.54) is 51.5 Å². The quantitative estimate of drug-likeness (QED) is 0.169. The van der Waals surface area contributed by atoms with E-state index in [-0.39, 0.29) is 10.9 Å². The Morgan fingerprint density at radius 2 is 0.860 bits per heavy atom. The maximum atomic E-state index is 14.1. The molecule has 0 saturated heterocycles. The van der Waals surface area contributed by atoms with Gasteiger partial charge < -0.3 is 0 Å². The minimum absolute atomic E-state index is 0.0695. The van der Waals surface area contributed by atoms with Crippen LogP contribution in [0.4, 0.5) is 0 Å². The van der Waals surface area contributed by atoms with Gasteiger partial charge >= 0.3 is 0 Å². The molecule has 0 unspecified atom stereocenters. The molecule has 0 aliphatic rings. The van der Waals surface area contributed by atoms with Gasteiger partial charge in [0, 0.05) is 80.7 Å². The van der Waals surface area contributed by atoms with Crippen molar-refractivity contribution < 1.29 is 0 Å². The molecule has 0 radical (unpaired) electrons. The predicted molar refractivity (Wildman–Crippen MR) is 229 cm³/mol. The highest BCUT2D eigenvalue weighted by atomic mass is 32.1. The molecule has 8 heteroatoms. The lowest BCUT2D eigenvalue weighted by Crippen LogP contribution is -1.97. The molecule has 0 aliphatic carbocycles. The molecular weight excluding hydrogens is 729 g/mol. The Morgan fingerprint density at radius 1 is 0.460 bits per heavy atom. The van der Waals surface area contributed by atoms with Gasteiger partial charge in [0.05, 0.1) is 0 Å². The third-order valence-corrected chi connectivity index (χ3v) is 17.2. The highest BCUT2D eigenvalue weighted by Crippen LogP contribution is 2.48. The normalized spacial score (nSPS) is 12.6. The second-order valence-corrected chi connectivity index (χ2v) is 19.1. The van der Waals surface area contributed by atoms with Gasteiger partial charge in [0.2, 0.25) is 0 Å². The molecule has 0 aliphatic heterocycles. The van der Waals surface area contributed by atoms with Gasteiger partial charge in [0.25, 0.3) is 0 Å². The number of benzene rings is 1. The van der Waals surface area contributed by atoms with Crippen molar-refractivity contribution in [1.29, 1.82) is 0 Å². The molecule has 0 fully saturated rings. The third kappa shape index (κ3) is 4.88. The maximum absolute atomic E-state index is 14.1. The zero-order valence-corrected chi connectivity index (χ0v) is 33.1. The van der Waals surface area contributed by atoms with E-state index in [1.807, 2.05) is 12.1 Å². The van der Waals surface area contributed by atoms with E-state index < -0.39 is 0 Å². The largest absolute Gasteiger partial charge is 0.289 e. The van der Waals surface area contributed by atoms with Crippen LogP contribution in [-0.4, -0.2) is 0 Å². The van der Waals surface area contributed by atoms with E-state index in [1.54, 1.807) is 68.0 Å². The van der Waals surface area contributed by atoms with Crippen molar-refractivity contribution in [3.05, 3.63) is 120 Å². The summed E-state index contributed by atoms with van der Waals surface area (Å²) >= 11 is 10.4. The average molecular weight is 759 g/mol. The van der Waals surface area contributed by atoms with Crippen LogP contribution in [0.5, 0.6) is 0 Å². The molecule has 9 aromatic rings. The molecule has 3 aromatic carbocycles. The summed E-state index contributed by atoms with van der Waals surface area (Å²) in [7, 11) is 0. The number of rotatable bonds is 6. The van der Waals surface area contributed by atoms with E-state index in [9.17, 15) is 9.59 Å². The van der Waals surface area contributed by atoms with Gasteiger partial charge in [0.1, 0.15) is 0 Å². The Kier molecular flexibility index (Phi) is 7.66. The molecule has 50 heavy (non-hydrogen) atoms. The molecule has 0 bridgehead atoms. The Labute approximate surface area is 313 Å². The Bertz CT molecular complexity index is 2780. The van der Waals surface area contributed by atoms with E-state index in [2.05, 4.69) is 101 Å². The van der Waals surface area contributed by atoms with E-state index in [0.29, 0.717) is 10.8 Å². The summed E-state index contributed by atoms with van der Waals surface area (Å²) in [6.45, 7) is 12.7. The number of hydrogen-bond donors (Lipinski definition) is 0. The van der Waals surface area contributed by atoms with Crippen LogP contribution in [-0.2, 0) is 0 Å². The van der Waals surface area contributed by atoms with Gasteiger partial charge in [-0.2, -0.15) is 0 Å². The molecule has 6 heterocycles. The first kappa shape index (κ1) is 32.2. The van der Waals surface area contributed by atoms with Gasteiger partial charge in [-0.1, -0.05) is 0 Å². The highest BCUT2D eigenvalue weighted by Gasteiger charge is 2.25. The molecule has 246 valence electrons. The first-order chi connectivity index (χ1) is 24.1. The van der Waals surface area contributed by atoms with Crippen LogP contribution in [0.2, 0.25) is 0 Å². The monoisotopic (exact) mass is 758 g/mol. The topological polar surface area (TPSA) is 34.1 Å². The summed E-state index contributed by atoms with van der Waals surface area (Å²) < 4.78 is 1.98. The van der Waals surface area contributed by atoms with Crippen molar-refractivity contribution in [2.24, 2.45) is 0 Å². The third-order valence-electron chi connectivity index (χ3n) is 9.82. The van der Waals surface area contributed by atoms with Gasteiger partial charge in [-0.05, 0) is 146 Å². The van der Waals surface area contributed by atoms with E-state index in [0.717, 1.165) is 51.8 Å². The standard InChI is InChI=1S/C42H30O2S6/c1-19-11-13-45-29(19)7-9-31-21(3)15-33(47-31)39-23(5)35-37(43)25-18-28-26(17-27(25)41(35)49-39)38(44)36-24(6)40(50-42(28)36)34-16-22(4)32(48-34)10-8-30-20(2)12-14-46-30/h7-18H,1-6H3/b9-7+,10-8+. The average Bonchev–Trinajstić information content (AvgIpc) is 3.96. The molecule has 2 nitrogen and oxygen atoms in total. The maximum Gasteiger partial charge on any atom is 0.195 e. The van der Waals surface area contributed by atoms with Crippen LogP contribution in [0.15, 0.2) is 56.7 Å². The van der Waals surface area contributed by atoms with Crippen LogP contribution >= 0.6 is 68.0 Å². The lowest BCUT2D eigenvalue weighted by molar-refractivity contribution is 1.52. The predicted octanol–water partition coefficient (Wildman–Crippen LogP) is 13.8. The van der Waals surface area contributed by atoms with Gasteiger partial charge in [0.15, 0.2) is 10.9 Å². The van der Waals surface area contributed by atoms with Crippen LogP contribution < -0.4 is 10.9 Å². The Morgan fingerprint density at radius 3 is 1.24 bits per heavy atom. The number of thiophene rings is 6. The van der Waals surface area contributed by atoms with Crippen LogP contribution in [0.25, 0.3) is 85.5 Å². The summed E-state index contributed by atoms with van der Waals surface area (Å²) in [4.78, 5) is 37.9. The van der Waals surface area contributed by atoms with Crippen molar-refractivity contribution in [2.45, 2.75) is 41.5 Å². The lowest BCUT2D eigenvalue weighted by atomic mass is 10.1. The smallest absolute Gasteiger partial charge is 0.195 e. The zero-order valence-electron chi connectivity index (χ0n) is 28.2. The molecule has 6 aromatic heterocycles. The minimum atomic E-state index is 0.0695. The second kappa shape index (κ2) is 11.9. The van der Waals surface area contributed by atoms with E-state index >= 15 is 0 Å². The van der Waals surface area contributed by atoms with Crippen molar-refractivity contribution in [3.8, 4) is 19.5 Å². The molecule has 0 spiro atoms. The fraction of sp³-hybridized carbons (Fsp3) is 0.143. The summed E-state index contributed by atoms with van der Waals surface area (Å²) in [5.74, 6) is 0. The Balaban J connectivity index is 1.13. The lowest BCUT2D eigenvalue weighted by Gasteiger charge is -1.97. The number of aryl methyl sites for hydroxylation is 6. The van der Waals surface area contributed by atoms with Crippen LogP contribution in [0, 0.1) is 41.5 Å².